The smallest absolute Gasteiger partial charge is 0.303 e. The minimum absolute atomic E-state index is 0.0102. The number of halogens is 2. The zero-order chi connectivity index (χ0) is 11.3. The van der Waals surface area contributed by atoms with Gasteiger partial charge in [-0.05, 0) is 18.6 Å². The molecule has 1 aromatic rings. The van der Waals surface area contributed by atoms with Crippen LogP contribution in [-0.4, -0.2) is 17.7 Å². The summed E-state index contributed by atoms with van der Waals surface area (Å²) in [5.74, 6) is -2.64. The molecule has 0 saturated carbocycles. The number of aliphatic carboxylic acids is 1. The van der Waals surface area contributed by atoms with Crippen LogP contribution < -0.4 is 4.74 Å². The summed E-state index contributed by atoms with van der Waals surface area (Å²) in [5.41, 5.74) is 0. The minimum Gasteiger partial charge on any atom is -0.493 e. The van der Waals surface area contributed by atoms with E-state index in [2.05, 4.69) is 0 Å². The average molecular weight is 216 g/mol. The molecule has 0 amide bonds. The van der Waals surface area contributed by atoms with Crippen molar-refractivity contribution in [2.45, 2.75) is 12.8 Å². The molecule has 0 fully saturated rings. The van der Waals surface area contributed by atoms with E-state index < -0.39 is 17.6 Å². The summed E-state index contributed by atoms with van der Waals surface area (Å²) < 4.78 is 30.2. The Morgan fingerprint density at radius 1 is 1.33 bits per heavy atom. The Balaban J connectivity index is 2.38. The number of benzene rings is 1. The fourth-order valence-corrected chi connectivity index (χ4v) is 0.980. The Bertz CT molecular complexity index is 353. The molecule has 0 bridgehead atoms. The lowest BCUT2D eigenvalue weighted by atomic mass is 10.3. The Kier molecular flexibility index (Phi) is 4.03. The van der Waals surface area contributed by atoms with E-state index in [4.69, 9.17) is 9.84 Å². The Labute approximate surface area is 85.3 Å². The number of rotatable bonds is 5. The summed E-state index contributed by atoms with van der Waals surface area (Å²) in [6.07, 6.45) is 0.317. The zero-order valence-electron chi connectivity index (χ0n) is 7.87. The molecule has 0 atom stereocenters. The standard InChI is InChI=1S/C10H10F2O3/c11-8-4-3-7(6-9(8)12)15-5-1-2-10(13)14/h3-4,6H,1-2,5H2,(H,13,14). The molecule has 0 aliphatic carbocycles. The number of hydrogen-bond acceptors (Lipinski definition) is 2. The van der Waals surface area contributed by atoms with E-state index in [0.717, 1.165) is 12.1 Å². The molecule has 5 heteroatoms. The molecular formula is C10H10F2O3. The molecule has 0 saturated heterocycles. The van der Waals surface area contributed by atoms with Crippen molar-refractivity contribution in [3.05, 3.63) is 29.8 Å². The first-order chi connectivity index (χ1) is 7.09. The first-order valence-electron chi connectivity index (χ1n) is 4.39. The third-order valence-electron chi connectivity index (χ3n) is 1.69. The van der Waals surface area contributed by atoms with Crippen LogP contribution in [0.4, 0.5) is 8.78 Å². The fourth-order valence-electron chi connectivity index (χ4n) is 0.980. The van der Waals surface area contributed by atoms with Gasteiger partial charge in [0.05, 0.1) is 6.61 Å². The van der Waals surface area contributed by atoms with E-state index in [9.17, 15) is 13.6 Å². The Morgan fingerprint density at radius 3 is 2.67 bits per heavy atom. The van der Waals surface area contributed by atoms with Gasteiger partial charge in [0.1, 0.15) is 5.75 Å². The maximum absolute atomic E-state index is 12.7. The second kappa shape index (κ2) is 5.29. The lowest BCUT2D eigenvalue weighted by Gasteiger charge is -2.04. The molecular weight excluding hydrogens is 206 g/mol. The number of hydrogen-bond donors (Lipinski definition) is 1. The predicted octanol–water partition coefficient (Wildman–Crippen LogP) is 2.21. The highest BCUT2D eigenvalue weighted by molar-refractivity contribution is 5.66. The van der Waals surface area contributed by atoms with Crippen molar-refractivity contribution in [1.82, 2.24) is 0 Å². The lowest BCUT2D eigenvalue weighted by molar-refractivity contribution is -0.137. The third-order valence-corrected chi connectivity index (χ3v) is 1.69. The van der Waals surface area contributed by atoms with Gasteiger partial charge in [0.15, 0.2) is 11.6 Å². The van der Waals surface area contributed by atoms with Gasteiger partial charge >= 0.3 is 5.97 Å². The quantitative estimate of drug-likeness (QED) is 0.767. The maximum Gasteiger partial charge on any atom is 0.303 e. The van der Waals surface area contributed by atoms with Crippen LogP contribution in [0.15, 0.2) is 18.2 Å². The van der Waals surface area contributed by atoms with Gasteiger partial charge in [-0.25, -0.2) is 8.78 Å². The molecule has 0 aromatic heterocycles. The van der Waals surface area contributed by atoms with Crippen molar-refractivity contribution in [2.75, 3.05) is 6.61 Å². The number of ether oxygens (including phenoxy) is 1. The summed E-state index contributed by atoms with van der Waals surface area (Å²) in [6, 6.07) is 3.18. The van der Waals surface area contributed by atoms with Crippen molar-refractivity contribution >= 4 is 5.97 Å². The van der Waals surface area contributed by atoms with Gasteiger partial charge < -0.3 is 9.84 Å². The van der Waals surface area contributed by atoms with Crippen molar-refractivity contribution in [1.29, 1.82) is 0 Å². The fraction of sp³-hybridized carbons (Fsp3) is 0.300. The molecule has 1 N–H and O–H groups in total. The number of carbonyl (C=O) groups is 1. The Morgan fingerprint density at radius 2 is 2.07 bits per heavy atom. The predicted molar refractivity (Wildman–Crippen MR) is 48.7 cm³/mol. The van der Waals surface area contributed by atoms with Gasteiger partial charge in [-0.3, -0.25) is 4.79 Å². The molecule has 0 radical (unpaired) electrons. The number of carboxylic acid groups (broad SMARTS) is 1. The molecule has 0 aliphatic heterocycles. The summed E-state index contributed by atoms with van der Waals surface area (Å²) in [5, 5.41) is 8.33. The molecule has 1 rings (SSSR count). The van der Waals surface area contributed by atoms with Gasteiger partial charge in [0.25, 0.3) is 0 Å². The first-order valence-corrected chi connectivity index (χ1v) is 4.39. The van der Waals surface area contributed by atoms with Gasteiger partial charge in [-0.2, -0.15) is 0 Å². The highest BCUT2D eigenvalue weighted by Gasteiger charge is 2.03. The van der Waals surface area contributed by atoms with E-state index >= 15 is 0 Å². The lowest BCUT2D eigenvalue weighted by Crippen LogP contribution is -2.02. The van der Waals surface area contributed by atoms with Crippen LogP contribution in [0.3, 0.4) is 0 Å². The summed E-state index contributed by atoms with van der Waals surface area (Å²) >= 11 is 0. The third kappa shape index (κ3) is 3.93. The van der Waals surface area contributed by atoms with Crippen molar-refractivity contribution in [2.24, 2.45) is 0 Å². The second-order valence-corrected chi connectivity index (χ2v) is 2.92. The van der Waals surface area contributed by atoms with E-state index in [1.54, 1.807) is 0 Å². The van der Waals surface area contributed by atoms with Crippen LogP contribution in [0.5, 0.6) is 5.75 Å². The Hall–Kier alpha value is -1.65. The molecule has 0 heterocycles. The molecule has 0 spiro atoms. The minimum atomic E-state index is -0.981. The van der Waals surface area contributed by atoms with Crippen LogP contribution in [0.25, 0.3) is 0 Å². The van der Waals surface area contributed by atoms with E-state index in [1.165, 1.54) is 6.07 Å². The molecule has 15 heavy (non-hydrogen) atoms. The topological polar surface area (TPSA) is 46.5 Å². The second-order valence-electron chi connectivity index (χ2n) is 2.92. The average Bonchev–Trinajstić information content (AvgIpc) is 2.18. The number of carboxylic acids is 1. The van der Waals surface area contributed by atoms with Gasteiger partial charge in [0, 0.05) is 12.5 Å². The maximum atomic E-state index is 12.7. The first kappa shape index (κ1) is 11.4. The van der Waals surface area contributed by atoms with Crippen LogP contribution in [0.1, 0.15) is 12.8 Å². The van der Waals surface area contributed by atoms with Crippen LogP contribution >= 0.6 is 0 Å². The van der Waals surface area contributed by atoms with Crippen molar-refractivity contribution < 1.29 is 23.4 Å². The zero-order valence-corrected chi connectivity index (χ0v) is 7.87. The monoisotopic (exact) mass is 216 g/mol. The molecule has 0 unspecified atom stereocenters. The van der Waals surface area contributed by atoms with Crippen LogP contribution in [0, 0.1) is 11.6 Å². The summed E-state index contributed by atoms with van der Waals surface area (Å²) in [6.45, 7) is 0.164. The highest BCUT2D eigenvalue weighted by Crippen LogP contribution is 2.15. The summed E-state index contributed by atoms with van der Waals surface area (Å²) in [4.78, 5) is 10.1. The molecule has 0 aliphatic rings. The van der Waals surface area contributed by atoms with Gasteiger partial charge in [-0.1, -0.05) is 0 Å². The van der Waals surface area contributed by atoms with Crippen molar-refractivity contribution in [3.63, 3.8) is 0 Å². The SMILES string of the molecule is O=C(O)CCCOc1ccc(F)c(F)c1. The van der Waals surface area contributed by atoms with Gasteiger partial charge in [0.2, 0.25) is 0 Å². The van der Waals surface area contributed by atoms with E-state index in [0.29, 0.717) is 6.42 Å². The van der Waals surface area contributed by atoms with Crippen LogP contribution in [0.2, 0.25) is 0 Å². The highest BCUT2D eigenvalue weighted by atomic mass is 19.2. The van der Waals surface area contributed by atoms with E-state index in [1.807, 2.05) is 0 Å². The van der Waals surface area contributed by atoms with Crippen LogP contribution in [-0.2, 0) is 4.79 Å². The normalized spacial score (nSPS) is 10.0. The molecule has 3 nitrogen and oxygen atoms in total. The summed E-state index contributed by atoms with van der Waals surface area (Å²) in [7, 11) is 0. The van der Waals surface area contributed by atoms with E-state index in [-0.39, 0.29) is 18.8 Å². The largest absolute Gasteiger partial charge is 0.493 e. The van der Waals surface area contributed by atoms with Gasteiger partial charge in [-0.15, -0.1) is 0 Å². The molecule has 82 valence electrons. The van der Waals surface area contributed by atoms with Crippen molar-refractivity contribution in [3.8, 4) is 5.75 Å². The molecule has 1 aromatic carbocycles.